The number of carbonyl (C=O) groups is 1. The molecule has 1 aliphatic rings. The highest BCUT2D eigenvalue weighted by molar-refractivity contribution is 5.81. The predicted octanol–water partition coefficient (Wildman–Crippen LogP) is 0.759. The molecule has 1 fully saturated rings. The van der Waals surface area contributed by atoms with Crippen LogP contribution in [-0.4, -0.2) is 43.2 Å². The fourth-order valence-electron chi connectivity index (χ4n) is 1.54. The maximum Gasteiger partial charge on any atom is 0.471 e. The average molecular weight is 210 g/mol. The van der Waals surface area contributed by atoms with Gasteiger partial charge >= 0.3 is 12.1 Å². The van der Waals surface area contributed by atoms with Crippen LogP contribution < -0.4 is 5.32 Å². The third kappa shape index (κ3) is 2.87. The van der Waals surface area contributed by atoms with Gasteiger partial charge in [0.25, 0.3) is 0 Å². The molecule has 0 radical (unpaired) electrons. The summed E-state index contributed by atoms with van der Waals surface area (Å²) in [6.45, 7) is 0.942. The monoisotopic (exact) mass is 210 g/mol. The van der Waals surface area contributed by atoms with Crippen molar-refractivity contribution >= 4 is 5.91 Å². The van der Waals surface area contributed by atoms with Crippen LogP contribution in [0, 0.1) is 0 Å². The number of halogens is 3. The van der Waals surface area contributed by atoms with Crippen molar-refractivity contribution in [2.75, 3.05) is 20.1 Å². The highest BCUT2D eigenvalue weighted by atomic mass is 19.4. The zero-order valence-electron chi connectivity index (χ0n) is 7.90. The SMILES string of the molecule is CN(CC1CCCN1)C(=O)C(F)(F)F. The van der Waals surface area contributed by atoms with E-state index in [1.54, 1.807) is 0 Å². The molecule has 1 heterocycles. The van der Waals surface area contributed by atoms with Crippen LogP contribution in [-0.2, 0) is 4.79 Å². The van der Waals surface area contributed by atoms with Gasteiger partial charge < -0.3 is 10.2 Å². The molecular formula is C8H13F3N2O. The first-order chi connectivity index (χ1) is 6.41. The van der Waals surface area contributed by atoms with Crippen molar-refractivity contribution < 1.29 is 18.0 Å². The Morgan fingerprint density at radius 3 is 2.64 bits per heavy atom. The maximum atomic E-state index is 12.0. The van der Waals surface area contributed by atoms with Gasteiger partial charge in [0, 0.05) is 19.6 Å². The van der Waals surface area contributed by atoms with E-state index in [1.165, 1.54) is 7.05 Å². The van der Waals surface area contributed by atoms with Crippen LogP contribution in [0.5, 0.6) is 0 Å². The van der Waals surface area contributed by atoms with Crippen molar-refractivity contribution in [3.8, 4) is 0 Å². The lowest BCUT2D eigenvalue weighted by Crippen LogP contribution is -2.44. The molecule has 1 aliphatic heterocycles. The second-order valence-corrected chi connectivity index (χ2v) is 3.48. The molecular weight excluding hydrogens is 197 g/mol. The van der Waals surface area contributed by atoms with Crippen LogP contribution >= 0.6 is 0 Å². The Balaban J connectivity index is 2.41. The number of rotatable bonds is 2. The summed E-state index contributed by atoms with van der Waals surface area (Å²) in [6.07, 6.45) is -2.97. The fraction of sp³-hybridized carbons (Fsp3) is 0.875. The molecule has 0 spiro atoms. The van der Waals surface area contributed by atoms with E-state index < -0.39 is 12.1 Å². The molecule has 0 aromatic carbocycles. The van der Waals surface area contributed by atoms with Crippen molar-refractivity contribution in [2.24, 2.45) is 0 Å². The van der Waals surface area contributed by atoms with Gasteiger partial charge in [0.15, 0.2) is 0 Å². The number of amides is 1. The number of likely N-dealkylation sites (N-methyl/N-ethyl adjacent to an activating group) is 1. The van der Waals surface area contributed by atoms with Gasteiger partial charge in [-0.05, 0) is 19.4 Å². The van der Waals surface area contributed by atoms with E-state index in [2.05, 4.69) is 5.32 Å². The third-order valence-electron chi connectivity index (χ3n) is 2.25. The first-order valence-corrected chi connectivity index (χ1v) is 4.47. The summed E-state index contributed by atoms with van der Waals surface area (Å²) in [5.74, 6) is -1.77. The molecule has 1 saturated heterocycles. The molecule has 82 valence electrons. The summed E-state index contributed by atoms with van der Waals surface area (Å²) >= 11 is 0. The summed E-state index contributed by atoms with van der Waals surface area (Å²) in [4.78, 5) is 11.5. The van der Waals surface area contributed by atoms with Crippen molar-refractivity contribution in [1.82, 2.24) is 10.2 Å². The van der Waals surface area contributed by atoms with Gasteiger partial charge in [-0.2, -0.15) is 13.2 Å². The van der Waals surface area contributed by atoms with E-state index >= 15 is 0 Å². The summed E-state index contributed by atoms with van der Waals surface area (Å²) in [7, 11) is 1.18. The van der Waals surface area contributed by atoms with Gasteiger partial charge in [-0.25, -0.2) is 0 Å². The van der Waals surface area contributed by atoms with Crippen molar-refractivity contribution in [2.45, 2.75) is 25.1 Å². The number of alkyl halides is 3. The standard InChI is InChI=1S/C8H13F3N2O/c1-13(7(14)8(9,10)11)5-6-3-2-4-12-6/h6,12H,2-5H2,1H3. The lowest BCUT2D eigenvalue weighted by molar-refractivity contribution is -0.184. The van der Waals surface area contributed by atoms with Gasteiger partial charge in [0.1, 0.15) is 0 Å². The molecule has 1 atom stereocenters. The lowest BCUT2D eigenvalue weighted by atomic mass is 10.2. The van der Waals surface area contributed by atoms with Gasteiger partial charge in [-0.15, -0.1) is 0 Å². The summed E-state index contributed by atoms with van der Waals surface area (Å²) in [5, 5.41) is 3.03. The molecule has 0 aromatic rings. The summed E-state index contributed by atoms with van der Waals surface area (Å²) < 4.78 is 35.9. The van der Waals surface area contributed by atoms with Crippen LogP contribution in [0.2, 0.25) is 0 Å². The largest absolute Gasteiger partial charge is 0.471 e. The first kappa shape index (κ1) is 11.3. The van der Waals surface area contributed by atoms with Crippen LogP contribution in [0.3, 0.4) is 0 Å². The van der Waals surface area contributed by atoms with Crippen LogP contribution in [0.1, 0.15) is 12.8 Å². The van der Waals surface area contributed by atoms with Gasteiger partial charge in [0.05, 0.1) is 0 Å². The number of hydrogen-bond acceptors (Lipinski definition) is 2. The van der Waals surface area contributed by atoms with Crippen molar-refractivity contribution in [1.29, 1.82) is 0 Å². The molecule has 1 unspecified atom stereocenters. The van der Waals surface area contributed by atoms with E-state index in [1.807, 2.05) is 0 Å². The second kappa shape index (κ2) is 4.16. The Kier molecular flexibility index (Phi) is 3.36. The summed E-state index contributed by atoms with van der Waals surface area (Å²) in [6, 6.07) is 0.00583. The average Bonchev–Trinajstić information content (AvgIpc) is 2.53. The topological polar surface area (TPSA) is 32.3 Å². The molecule has 1 N–H and O–H groups in total. The highest BCUT2D eigenvalue weighted by Crippen LogP contribution is 2.18. The number of hydrogen-bond donors (Lipinski definition) is 1. The maximum absolute atomic E-state index is 12.0. The molecule has 1 rings (SSSR count). The summed E-state index contributed by atoms with van der Waals surface area (Å²) in [5.41, 5.74) is 0. The van der Waals surface area contributed by atoms with Crippen molar-refractivity contribution in [3.05, 3.63) is 0 Å². The molecule has 0 aromatic heterocycles. The van der Waals surface area contributed by atoms with Crippen molar-refractivity contribution in [3.63, 3.8) is 0 Å². The smallest absolute Gasteiger partial charge is 0.336 e. The van der Waals surface area contributed by atoms with Crippen LogP contribution in [0.4, 0.5) is 13.2 Å². The second-order valence-electron chi connectivity index (χ2n) is 3.48. The quantitative estimate of drug-likeness (QED) is 0.729. The van der Waals surface area contributed by atoms with E-state index in [9.17, 15) is 18.0 Å². The predicted molar refractivity (Wildman–Crippen MR) is 44.7 cm³/mol. The highest BCUT2D eigenvalue weighted by Gasteiger charge is 2.41. The Hall–Kier alpha value is -0.780. The number of nitrogens with zero attached hydrogens (tertiary/aromatic N) is 1. The Bertz CT molecular complexity index is 211. The molecule has 0 aliphatic carbocycles. The molecule has 0 bridgehead atoms. The molecule has 3 nitrogen and oxygen atoms in total. The van der Waals surface area contributed by atoms with Crippen LogP contribution in [0.25, 0.3) is 0 Å². The Morgan fingerprint density at radius 1 is 1.57 bits per heavy atom. The fourth-order valence-corrected chi connectivity index (χ4v) is 1.54. The molecule has 6 heteroatoms. The van der Waals surface area contributed by atoms with Crippen LogP contribution in [0.15, 0.2) is 0 Å². The third-order valence-corrected chi connectivity index (χ3v) is 2.25. The van der Waals surface area contributed by atoms with E-state index in [0.717, 1.165) is 24.3 Å². The molecule has 1 amide bonds. The number of nitrogens with one attached hydrogen (secondary N) is 1. The van der Waals surface area contributed by atoms with E-state index in [4.69, 9.17) is 0 Å². The molecule has 14 heavy (non-hydrogen) atoms. The minimum absolute atomic E-state index is 0.00583. The Labute approximate surface area is 80.3 Å². The lowest BCUT2D eigenvalue weighted by Gasteiger charge is -2.22. The number of carbonyl (C=O) groups excluding carboxylic acids is 1. The first-order valence-electron chi connectivity index (χ1n) is 4.47. The van der Waals surface area contributed by atoms with E-state index in [-0.39, 0.29) is 12.6 Å². The minimum atomic E-state index is -4.76. The zero-order valence-corrected chi connectivity index (χ0v) is 7.90. The van der Waals surface area contributed by atoms with Gasteiger partial charge in [-0.1, -0.05) is 0 Å². The zero-order chi connectivity index (χ0) is 10.8. The normalized spacial score (nSPS) is 22.4. The minimum Gasteiger partial charge on any atom is -0.336 e. The Morgan fingerprint density at radius 2 is 2.21 bits per heavy atom. The van der Waals surface area contributed by atoms with Gasteiger partial charge in [-0.3, -0.25) is 4.79 Å². The van der Waals surface area contributed by atoms with E-state index in [0.29, 0.717) is 0 Å². The van der Waals surface area contributed by atoms with Gasteiger partial charge in [0.2, 0.25) is 0 Å². The molecule has 0 saturated carbocycles.